The van der Waals surface area contributed by atoms with E-state index in [1.165, 1.54) is 12.0 Å². The van der Waals surface area contributed by atoms with Crippen LogP contribution in [0, 0.1) is 11.3 Å². The molecule has 0 radical (unpaired) electrons. The number of aryl methyl sites for hydroxylation is 2. The van der Waals surface area contributed by atoms with Gasteiger partial charge >= 0.3 is 5.97 Å². The SMILES string of the molecule is CC(C)(Cc1ccccc1)C(=O)N[C@@H](CCO[C@H]1C[C@H](CCc2ccc3c(n2)NCCC3)C1)C(=O)O. The van der Waals surface area contributed by atoms with E-state index in [9.17, 15) is 14.7 Å². The average Bonchev–Trinajstić information content (AvgIpc) is 2.84. The number of amides is 1. The summed E-state index contributed by atoms with van der Waals surface area (Å²) in [5.74, 6) is 0.390. The molecule has 194 valence electrons. The van der Waals surface area contributed by atoms with Crippen molar-refractivity contribution < 1.29 is 19.4 Å². The highest BCUT2D eigenvalue weighted by atomic mass is 16.5. The first-order chi connectivity index (χ1) is 17.3. The summed E-state index contributed by atoms with van der Waals surface area (Å²) in [4.78, 5) is 29.4. The minimum atomic E-state index is -1.03. The topological polar surface area (TPSA) is 101 Å². The minimum absolute atomic E-state index is 0.174. The van der Waals surface area contributed by atoms with Crippen LogP contribution in [-0.2, 0) is 33.6 Å². The van der Waals surface area contributed by atoms with Gasteiger partial charge in [0.25, 0.3) is 0 Å². The molecule has 7 nitrogen and oxygen atoms in total. The first kappa shape index (κ1) is 26.1. The van der Waals surface area contributed by atoms with E-state index in [0.717, 1.165) is 55.7 Å². The summed E-state index contributed by atoms with van der Waals surface area (Å²) >= 11 is 0. The van der Waals surface area contributed by atoms with Crippen LogP contribution in [0.15, 0.2) is 42.5 Å². The molecule has 0 spiro atoms. The van der Waals surface area contributed by atoms with Gasteiger partial charge in [-0.2, -0.15) is 0 Å². The molecule has 1 aliphatic heterocycles. The second-order valence-electron chi connectivity index (χ2n) is 10.9. The number of carbonyl (C=O) groups is 2. The van der Waals surface area contributed by atoms with E-state index in [1.54, 1.807) is 0 Å². The van der Waals surface area contributed by atoms with Crippen LogP contribution in [0.2, 0.25) is 0 Å². The number of carbonyl (C=O) groups excluding carboxylic acids is 1. The molecule has 3 N–H and O–H groups in total. The molecule has 4 rings (SSSR count). The number of carboxylic acids is 1. The fraction of sp³-hybridized carbons (Fsp3) is 0.552. The van der Waals surface area contributed by atoms with E-state index < -0.39 is 17.4 Å². The van der Waals surface area contributed by atoms with Gasteiger partial charge in [0.2, 0.25) is 5.91 Å². The fourth-order valence-electron chi connectivity index (χ4n) is 5.06. The van der Waals surface area contributed by atoms with Gasteiger partial charge in [-0.3, -0.25) is 4.79 Å². The summed E-state index contributed by atoms with van der Waals surface area (Å²) in [5, 5.41) is 15.7. The van der Waals surface area contributed by atoms with E-state index >= 15 is 0 Å². The van der Waals surface area contributed by atoms with Crippen LogP contribution < -0.4 is 10.6 Å². The van der Waals surface area contributed by atoms with Crippen molar-refractivity contribution in [3.8, 4) is 0 Å². The summed E-state index contributed by atoms with van der Waals surface area (Å²) in [5.41, 5.74) is 2.80. The van der Waals surface area contributed by atoms with Crippen LogP contribution in [0.4, 0.5) is 5.82 Å². The molecule has 1 aliphatic carbocycles. The first-order valence-corrected chi connectivity index (χ1v) is 13.2. The highest BCUT2D eigenvalue weighted by Gasteiger charge is 2.33. The molecule has 1 saturated carbocycles. The summed E-state index contributed by atoms with van der Waals surface area (Å²) in [7, 11) is 0. The Kier molecular flexibility index (Phi) is 8.62. The van der Waals surface area contributed by atoms with E-state index in [0.29, 0.717) is 18.9 Å². The number of rotatable bonds is 12. The van der Waals surface area contributed by atoms with Gasteiger partial charge in [0, 0.05) is 30.7 Å². The third kappa shape index (κ3) is 7.06. The molecule has 36 heavy (non-hydrogen) atoms. The summed E-state index contributed by atoms with van der Waals surface area (Å²) in [6.07, 6.45) is 7.31. The number of aliphatic carboxylic acids is 1. The number of benzene rings is 1. The summed E-state index contributed by atoms with van der Waals surface area (Å²) < 4.78 is 5.94. The van der Waals surface area contributed by atoms with Gasteiger partial charge in [0.15, 0.2) is 0 Å². The number of ether oxygens (including phenoxy) is 1. The summed E-state index contributed by atoms with van der Waals surface area (Å²) in [6.45, 7) is 5.01. The predicted molar refractivity (Wildman–Crippen MR) is 140 cm³/mol. The summed E-state index contributed by atoms with van der Waals surface area (Å²) in [6, 6.07) is 13.2. The van der Waals surface area contributed by atoms with Crippen LogP contribution in [0.5, 0.6) is 0 Å². The fourth-order valence-corrected chi connectivity index (χ4v) is 5.06. The van der Waals surface area contributed by atoms with Gasteiger partial charge in [0.05, 0.1) is 6.10 Å². The number of aromatic nitrogens is 1. The van der Waals surface area contributed by atoms with Crippen molar-refractivity contribution in [1.29, 1.82) is 0 Å². The molecule has 2 heterocycles. The van der Waals surface area contributed by atoms with Gasteiger partial charge in [-0.05, 0) is 68.1 Å². The van der Waals surface area contributed by atoms with Crippen LogP contribution in [-0.4, -0.2) is 47.3 Å². The molecule has 2 aromatic rings. The lowest BCUT2D eigenvalue weighted by Gasteiger charge is -2.35. The second-order valence-corrected chi connectivity index (χ2v) is 10.9. The molecule has 1 atom stereocenters. The highest BCUT2D eigenvalue weighted by molar-refractivity contribution is 5.87. The third-order valence-corrected chi connectivity index (χ3v) is 7.42. The first-order valence-electron chi connectivity index (χ1n) is 13.2. The standard InChI is InChI=1S/C29H39N3O4/c1-29(2,19-20-7-4-3-5-8-20)28(35)32-25(27(33)34)14-16-36-24-17-21(18-24)10-12-23-13-11-22-9-6-15-30-26(22)31-23/h3-5,7-8,11,13,21,24-25H,6,9-10,12,14-19H2,1-2H3,(H,30,31)(H,32,35)(H,33,34)/t21-,24-,25-/m0/s1. The predicted octanol–water partition coefficient (Wildman–Crippen LogP) is 4.40. The molecule has 2 aliphatic rings. The second kappa shape index (κ2) is 11.9. The molecule has 1 aromatic heterocycles. The lowest BCUT2D eigenvalue weighted by atomic mass is 9.79. The lowest BCUT2D eigenvalue weighted by Crippen LogP contribution is -2.48. The Morgan fingerprint density at radius 3 is 2.72 bits per heavy atom. The zero-order valence-electron chi connectivity index (χ0n) is 21.5. The van der Waals surface area contributed by atoms with Crippen molar-refractivity contribution in [3.63, 3.8) is 0 Å². The normalized spacial score (nSPS) is 19.9. The van der Waals surface area contributed by atoms with Gasteiger partial charge < -0.3 is 20.5 Å². The van der Waals surface area contributed by atoms with E-state index in [1.807, 2.05) is 44.2 Å². The van der Waals surface area contributed by atoms with Gasteiger partial charge in [-0.1, -0.05) is 50.2 Å². The monoisotopic (exact) mass is 493 g/mol. The smallest absolute Gasteiger partial charge is 0.326 e. The molecule has 0 saturated heterocycles. The molecular weight excluding hydrogens is 454 g/mol. The number of carboxylic acid groups (broad SMARTS) is 1. The third-order valence-electron chi connectivity index (χ3n) is 7.42. The Morgan fingerprint density at radius 1 is 1.19 bits per heavy atom. The number of nitrogens with zero attached hydrogens (tertiary/aromatic N) is 1. The van der Waals surface area contributed by atoms with Crippen LogP contribution in [0.3, 0.4) is 0 Å². The van der Waals surface area contributed by atoms with E-state index in [2.05, 4.69) is 22.8 Å². The van der Waals surface area contributed by atoms with Crippen LogP contribution in [0.1, 0.15) is 62.8 Å². The Labute approximate surface area is 214 Å². The maximum absolute atomic E-state index is 12.8. The maximum atomic E-state index is 12.8. The Balaban J connectivity index is 1.15. The van der Waals surface area contributed by atoms with Crippen molar-refractivity contribution in [2.24, 2.45) is 11.3 Å². The van der Waals surface area contributed by atoms with Crippen molar-refractivity contribution in [1.82, 2.24) is 10.3 Å². The Morgan fingerprint density at radius 2 is 1.97 bits per heavy atom. The molecule has 0 bridgehead atoms. The largest absolute Gasteiger partial charge is 0.480 e. The molecule has 1 fully saturated rings. The van der Waals surface area contributed by atoms with Gasteiger partial charge in [0.1, 0.15) is 11.9 Å². The molecular formula is C29H39N3O4. The lowest BCUT2D eigenvalue weighted by molar-refractivity contribution is -0.144. The molecule has 0 unspecified atom stereocenters. The van der Waals surface area contributed by atoms with Gasteiger partial charge in [-0.25, -0.2) is 9.78 Å². The van der Waals surface area contributed by atoms with Crippen molar-refractivity contribution >= 4 is 17.7 Å². The zero-order valence-corrected chi connectivity index (χ0v) is 21.5. The van der Waals surface area contributed by atoms with E-state index in [-0.39, 0.29) is 18.4 Å². The number of anilines is 1. The van der Waals surface area contributed by atoms with Crippen molar-refractivity contribution in [3.05, 3.63) is 59.3 Å². The van der Waals surface area contributed by atoms with E-state index in [4.69, 9.17) is 9.72 Å². The number of pyridine rings is 1. The molecule has 7 heteroatoms. The average molecular weight is 494 g/mol. The zero-order chi connectivity index (χ0) is 25.5. The van der Waals surface area contributed by atoms with Crippen LogP contribution in [0.25, 0.3) is 0 Å². The maximum Gasteiger partial charge on any atom is 0.326 e. The number of fused-ring (bicyclic) bond motifs is 1. The van der Waals surface area contributed by atoms with Crippen molar-refractivity contribution in [2.45, 2.75) is 77.4 Å². The molecule has 1 amide bonds. The van der Waals surface area contributed by atoms with Crippen LogP contribution >= 0.6 is 0 Å². The number of hydrogen-bond donors (Lipinski definition) is 3. The minimum Gasteiger partial charge on any atom is -0.480 e. The van der Waals surface area contributed by atoms with Gasteiger partial charge in [-0.15, -0.1) is 0 Å². The Bertz CT molecular complexity index is 1030. The highest BCUT2D eigenvalue weighted by Crippen LogP contribution is 2.34. The molecule has 1 aromatic carbocycles. The number of nitrogens with one attached hydrogen (secondary N) is 2. The van der Waals surface area contributed by atoms with Crippen molar-refractivity contribution in [2.75, 3.05) is 18.5 Å². The Hall–Kier alpha value is -2.93. The number of hydrogen-bond acceptors (Lipinski definition) is 5. The quantitative estimate of drug-likeness (QED) is 0.405.